The molecule has 0 aliphatic rings. The van der Waals surface area contributed by atoms with Gasteiger partial charge in [0.25, 0.3) is 0 Å². The van der Waals surface area contributed by atoms with Crippen LogP contribution in [0.1, 0.15) is 20.3 Å². The third kappa shape index (κ3) is 2.51. The van der Waals surface area contributed by atoms with Gasteiger partial charge in [-0.15, -0.1) is 6.58 Å². The highest BCUT2D eigenvalue weighted by atomic mass is 79.9. The summed E-state index contributed by atoms with van der Waals surface area (Å²) in [6, 6.07) is 0. The first-order chi connectivity index (χ1) is 3.72. The van der Waals surface area contributed by atoms with Gasteiger partial charge < -0.3 is 0 Å². The normalized spacial score (nSPS) is 17.4. The molecule has 0 saturated carbocycles. The van der Waals surface area contributed by atoms with Crippen LogP contribution < -0.4 is 0 Å². The fraction of sp³-hybridized carbons (Fsp3) is 0.714. The van der Waals surface area contributed by atoms with Crippen LogP contribution in [0.5, 0.6) is 0 Å². The van der Waals surface area contributed by atoms with E-state index in [0.717, 1.165) is 0 Å². The molecule has 0 radical (unpaired) electrons. The number of halogens is 1. The summed E-state index contributed by atoms with van der Waals surface area (Å²) in [5, 5.41) is 0. The van der Waals surface area contributed by atoms with E-state index in [1.165, 1.54) is 6.42 Å². The molecule has 48 valence electrons. The maximum Gasteiger partial charge on any atom is 0.0348 e. The van der Waals surface area contributed by atoms with E-state index in [1.807, 2.05) is 6.08 Å². The summed E-state index contributed by atoms with van der Waals surface area (Å²) in [4.78, 5) is 0.493. The number of rotatable bonds is 3. The molecule has 2 unspecified atom stereocenters. The van der Waals surface area contributed by atoms with Crippen molar-refractivity contribution < 1.29 is 0 Å². The molecule has 0 N–H and O–H groups in total. The highest BCUT2D eigenvalue weighted by Gasteiger charge is 2.05. The summed E-state index contributed by atoms with van der Waals surface area (Å²) < 4.78 is 0. The van der Waals surface area contributed by atoms with Crippen molar-refractivity contribution in [1.29, 1.82) is 0 Å². The van der Waals surface area contributed by atoms with Gasteiger partial charge >= 0.3 is 0 Å². The van der Waals surface area contributed by atoms with Crippen LogP contribution in [0.15, 0.2) is 12.7 Å². The van der Waals surface area contributed by atoms with Crippen molar-refractivity contribution in [3.8, 4) is 0 Å². The number of hydrogen-bond donors (Lipinski definition) is 0. The van der Waals surface area contributed by atoms with Crippen molar-refractivity contribution in [2.45, 2.75) is 25.1 Å². The van der Waals surface area contributed by atoms with Gasteiger partial charge in [0.05, 0.1) is 0 Å². The molecular weight excluding hydrogens is 164 g/mol. The fourth-order valence-electron chi connectivity index (χ4n) is 0.457. The van der Waals surface area contributed by atoms with E-state index in [9.17, 15) is 0 Å². The first-order valence-corrected chi connectivity index (χ1v) is 3.90. The van der Waals surface area contributed by atoms with E-state index in [1.54, 1.807) is 0 Å². The lowest BCUT2D eigenvalue weighted by Gasteiger charge is -2.10. The zero-order valence-corrected chi connectivity index (χ0v) is 7.11. The molecular formula is C7H13Br. The Kier molecular flexibility index (Phi) is 4.25. The molecule has 2 atom stereocenters. The largest absolute Gasteiger partial charge is 0.102 e. The summed E-state index contributed by atoms with van der Waals surface area (Å²) in [5.74, 6) is 0.715. The Morgan fingerprint density at radius 2 is 2.25 bits per heavy atom. The van der Waals surface area contributed by atoms with E-state index < -0.39 is 0 Å². The summed E-state index contributed by atoms with van der Waals surface area (Å²) in [6.07, 6.45) is 3.15. The van der Waals surface area contributed by atoms with E-state index in [-0.39, 0.29) is 0 Å². The van der Waals surface area contributed by atoms with Gasteiger partial charge in [-0.25, -0.2) is 0 Å². The zero-order chi connectivity index (χ0) is 6.57. The second-order valence-corrected chi connectivity index (χ2v) is 3.12. The Balaban J connectivity index is 3.44. The summed E-state index contributed by atoms with van der Waals surface area (Å²) in [6.45, 7) is 8.08. The van der Waals surface area contributed by atoms with Gasteiger partial charge in [-0.05, 0) is 5.92 Å². The van der Waals surface area contributed by atoms with Gasteiger partial charge in [0.2, 0.25) is 0 Å². The fourth-order valence-corrected chi connectivity index (χ4v) is 0.831. The third-order valence-electron chi connectivity index (χ3n) is 1.41. The van der Waals surface area contributed by atoms with Crippen molar-refractivity contribution in [2.75, 3.05) is 0 Å². The monoisotopic (exact) mass is 176 g/mol. The Labute approximate surface area is 60.1 Å². The lowest BCUT2D eigenvalue weighted by atomic mass is 10.1. The van der Waals surface area contributed by atoms with E-state index in [0.29, 0.717) is 10.7 Å². The summed E-state index contributed by atoms with van der Waals surface area (Å²) in [5.41, 5.74) is 0. The van der Waals surface area contributed by atoms with Crippen molar-refractivity contribution in [3.63, 3.8) is 0 Å². The van der Waals surface area contributed by atoms with Crippen LogP contribution in [0, 0.1) is 5.92 Å². The standard InChI is InChI=1S/C7H13Br/c1-4-6(3)7(8)5-2/h5-7H,2,4H2,1,3H3. The lowest BCUT2D eigenvalue weighted by molar-refractivity contribution is 0.590. The molecule has 0 saturated heterocycles. The molecule has 8 heavy (non-hydrogen) atoms. The first-order valence-electron chi connectivity index (χ1n) is 2.99. The predicted octanol–water partition coefficient (Wildman–Crippen LogP) is 2.98. The molecule has 0 amide bonds. The predicted molar refractivity (Wildman–Crippen MR) is 42.4 cm³/mol. The van der Waals surface area contributed by atoms with E-state index in [2.05, 4.69) is 36.4 Å². The quantitative estimate of drug-likeness (QED) is 0.459. The van der Waals surface area contributed by atoms with Gasteiger partial charge in [0.15, 0.2) is 0 Å². The zero-order valence-electron chi connectivity index (χ0n) is 5.52. The molecule has 0 aromatic rings. The van der Waals surface area contributed by atoms with Crippen LogP contribution in [0.4, 0.5) is 0 Å². The van der Waals surface area contributed by atoms with E-state index >= 15 is 0 Å². The lowest BCUT2D eigenvalue weighted by Crippen LogP contribution is -2.04. The summed E-state index contributed by atoms with van der Waals surface area (Å²) >= 11 is 3.48. The van der Waals surface area contributed by atoms with Gasteiger partial charge in [0.1, 0.15) is 0 Å². The maximum atomic E-state index is 3.68. The maximum absolute atomic E-state index is 3.68. The van der Waals surface area contributed by atoms with Crippen LogP contribution in [0.3, 0.4) is 0 Å². The average Bonchev–Trinajstić information content (AvgIpc) is 1.84. The number of alkyl halides is 1. The molecule has 0 rings (SSSR count). The van der Waals surface area contributed by atoms with Gasteiger partial charge in [0, 0.05) is 4.83 Å². The van der Waals surface area contributed by atoms with Crippen molar-refractivity contribution in [2.24, 2.45) is 5.92 Å². The highest BCUT2D eigenvalue weighted by molar-refractivity contribution is 9.09. The highest BCUT2D eigenvalue weighted by Crippen LogP contribution is 2.15. The van der Waals surface area contributed by atoms with Crippen molar-refractivity contribution in [1.82, 2.24) is 0 Å². The second kappa shape index (κ2) is 4.13. The molecule has 0 nitrogen and oxygen atoms in total. The Hall–Kier alpha value is 0.220. The van der Waals surface area contributed by atoms with E-state index in [4.69, 9.17) is 0 Å². The second-order valence-electron chi connectivity index (χ2n) is 2.07. The van der Waals surface area contributed by atoms with Crippen LogP contribution in [-0.2, 0) is 0 Å². The molecule has 0 spiro atoms. The minimum Gasteiger partial charge on any atom is -0.102 e. The molecule has 0 aliphatic heterocycles. The SMILES string of the molecule is C=CC(Br)C(C)CC. The Morgan fingerprint density at radius 1 is 1.75 bits per heavy atom. The third-order valence-corrected chi connectivity index (χ3v) is 2.69. The smallest absolute Gasteiger partial charge is 0.0348 e. The van der Waals surface area contributed by atoms with Crippen molar-refractivity contribution in [3.05, 3.63) is 12.7 Å². The molecule has 0 aliphatic carbocycles. The minimum absolute atomic E-state index is 0.493. The molecule has 0 fully saturated rings. The van der Waals surface area contributed by atoms with Crippen LogP contribution in [0.25, 0.3) is 0 Å². The molecule has 0 aromatic carbocycles. The molecule has 1 heteroatoms. The molecule has 0 heterocycles. The Bertz CT molecular complexity index is 68.8. The number of allylic oxidation sites excluding steroid dienone is 1. The molecule has 0 aromatic heterocycles. The van der Waals surface area contributed by atoms with Gasteiger partial charge in [-0.3, -0.25) is 0 Å². The topological polar surface area (TPSA) is 0 Å². The minimum atomic E-state index is 0.493. The Morgan fingerprint density at radius 3 is 2.38 bits per heavy atom. The first kappa shape index (κ1) is 8.22. The van der Waals surface area contributed by atoms with Crippen molar-refractivity contribution >= 4 is 15.9 Å². The van der Waals surface area contributed by atoms with Gasteiger partial charge in [-0.1, -0.05) is 42.3 Å². The summed E-state index contributed by atoms with van der Waals surface area (Å²) in [7, 11) is 0. The van der Waals surface area contributed by atoms with Gasteiger partial charge in [-0.2, -0.15) is 0 Å². The number of hydrogen-bond acceptors (Lipinski definition) is 0. The van der Waals surface area contributed by atoms with Crippen LogP contribution in [0.2, 0.25) is 0 Å². The van der Waals surface area contributed by atoms with Crippen LogP contribution in [-0.4, -0.2) is 4.83 Å². The molecule has 0 bridgehead atoms. The average molecular weight is 177 g/mol. The van der Waals surface area contributed by atoms with Crippen LogP contribution >= 0.6 is 15.9 Å².